The molecule has 0 fully saturated rings. The van der Waals surface area contributed by atoms with Crippen LogP contribution in [0.15, 0.2) is 65.6 Å². The monoisotopic (exact) mass is 393 g/mol. The van der Waals surface area contributed by atoms with E-state index in [2.05, 4.69) is 4.74 Å². The zero-order chi connectivity index (χ0) is 19.2. The third-order valence-electron chi connectivity index (χ3n) is 4.33. The van der Waals surface area contributed by atoms with E-state index in [0.717, 1.165) is 5.39 Å². The van der Waals surface area contributed by atoms with Gasteiger partial charge in [-0.05, 0) is 35.2 Å². The predicted octanol–water partition coefficient (Wildman–Crippen LogP) is 4.49. The maximum absolute atomic E-state index is 12.9. The molecule has 0 saturated carbocycles. The molecule has 3 aromatic rings. The lowest BCUT2D eigenvalue weighted by Crippen LogP contribution is -2.26. The molecular weight excluding hydrogens is 379 g/mol. The van der Waals surface area contributed by atoms with Crippen molar-refractivity contribution in [2.45, 2.75) is 17.6 Å². The minimum atomic E-state index is -4.41. The van der Waals surface area contributed by atoms with Crippen molar-refractivity contribution in [3.63, 3.8) is 0 Å². The fourth-order valence-electron chi connectivity index (χ4n) is 3.15. The van der Waals surface area contributed by atoms with Gasteiger partial charge < -0.3 is 4.74 Å². The van der Waals surface area contributed by atoms with Crippen molar-refractivity contribution in [2.75, 3.05) is 10.9 Å². The van der Waals surface area contributed by atoms with E-state index in [1.807, 2.05) is 12.1 Å². The number of alkyl halides is 3. The van der Waals surface area contributed by atoms with E-state index in [9.17, 15) is 21.6 Å². The fraction of sp³-hybridized carbons (Fsp3) is 0.158. The Morgan fingerprint density at radius 3 is 2.26 bits per heavy atom. The van der Waals surface area contributed by atoms with Gasteiger partial charge in [-0.1, -0.05) is 36.4 Å². The van der Waals surface area contributed by atoms with Gasteiger partial charge in [0.25, 0.3) is 10.0 Å². The van der Waals surface area contributed by atoms with E-state index in [1.165, 1.54) is 16.4 Å². The number of benzene rings is 3. The molecule has 0 amide bonds. The summed E-state index contributed by atoms with van der Waals surface area (Å²) in [5, 5.41) is 1.53. The molecular formula is C19H14F3NO3S. The van der Waals surface area contributed by atoms with Gasteiger partial charge in [0.2, 0.25) is 0 Å². The standard InChI is InChI=1S/C19H14F3NO3S/c20-19(21,22)12-26-15-9-7-13(8-10-15)11-23-16-5-1-3-14-4-2-6-17(18(14)16)27(23,24)25/h1-10H,11-12H2. The molecule has 0 bridgehead atoms. The van der Waals surface area contributed by atoms with Crippen LogP contribution in [0.2, 0.25) is 0 Å². The van der Waals surface area contributed by atoms with Crippen LogP contribution in [0.3, 0.4) is 0 Å². The molecule has 1 heterocycles. The molecule has 8 heteroatoms. The van der Waals surface area contributed by atoms with E-state index in [4.69, 9.17) is 0 Å². The Kier molecular flexibility index (Phi) is 4.03. The molecule has 3 aromatic carbocycles. The molecule has 0 N–H and O–H groups in total. The Morgan fingerprint density at radius 2 is 1.59 bits per heavy atom. The lowest BCUT2D eigenvalue weighted by atomic mass is 10.1. The number of sulfonamides is 1. The van der Waals surface area contributed by atoms with Crippen LogP contribution in [0.25, 0.3) is 10.8 Å². The van der Waals surface area contributed by atoms with Gasteiger partial charge in [0.05, 0.1) is 17.1 Å². The zero-order valence-electron chi connectivity index (χ0n) is 13.9. The quantitative estimate of drug-likeness (QED) is 0.656. The van der Waals surface area contributed by atoms with Crippen LogP contribution < -0.4 is 9.04 Å². The van der Waals surface area contributed by atoms with E-state index < -0.39 is 22.8 Å². The van der Waals surface area contributed by atoms with Gasteiger partial charge in [0.1, 0.15) is 5.75 Å². The Bertz CT molecular complexity index is 1100. The maximum Gasteiger partial charge on any atom is 0.422 e. The first-order valence-corrected chi connectivity index (χ1v) is 9.53. The van der Waals surface area contributed by atoms with E-state index in [0.29, 0.717) is 16.6 Å². The van der Waals surface area contributed by atoms with Crippen molar-refractivity contribution in [1.82, 2.24) is 0 Å². The average Bonchev–Trinajstić information content (AvgIpc) is 2.84. The summed E-state index contributed by atoms with van der Waals surface area (Å²) in [6.07, 6.45) is -4.41. The van der Waals surface area contributed by atoms with Gasteiger partial charge in [-0.15, -0.1) is 0 Å². The molecule has 4 nitrogen and oxygen atoms in total. The highest BCUT2D eigenvalue weighted by Gasteiger charge is 2.35. The molecule has 27 heavy (non-hydrogen) atoms. The van der Waals surface area contributed by atoms with Crippen molar-refractivity contribution >= 4 is 26.5 Å². The third kappa shape index (κ3) is 3.21. The molecule has 0 unspecified atom stereocenters. The highest BCUT2D eigenvalue weighted by molar-refractivity contribution is 7.93. The predicted molar refractivity (Wildman–Crippen MR) is 95.3 cm³/mol. The van der Waals surface area contributed by atoms with Crippen molar-refractivity contribution in [3.8, 4) is 5.75 Å². The Hall–Kier alpha value is -2.74. The van der Waals surface area contributed by atoms with Gasteiger partial charge in [-0.3, -0.25) is 4.31 Å². The molecule has 0 spiro atoms. The topological polar surface area (TPSA) is 46.6 Å². The third-order valence-corrected chi connectivity index (χ3v) is 6.14. The number of anilines is 1. The van der Waals surface area contributed by atoms with Crippen LogP contribution in [-0.4, -0.2) is 21.2 Å². The number of rotatable bonds is 4. The molecule has 1 aliphatic rings. The summed E-state index contributed by atoms with van der Waals surface area (Å²) < 4.78 is 68.5. The first-order valence-electron chi connectivity index (χ1n) is 8.09. The van der Waals surface area contributed by atoms with Crippen molar-refractivity contribution in [2.24, 2.45) is 0 Å². The Morgan fingerprint density at radius 1 is 0.926 bits per heavy atom. The van der Waals surface area contributed by atoms with E-state index in [1.54, 1.807) is 36.4 Å². The van der Waals surface area contributed by atoms with Gasteiger partial charge in [-0.2, -0.15) is 13.2 Å². The van der Waals surface area contributed by atoms with Crippen LogP contribution in [-0.2, 0) is 16.6 Å². The molecule has 0 aromatic heterocycles. The summed E-state index contributed by atoms with van der Waals surface area (Å²) >= 11 is 0. The van der Waals surface area contributed by atoms with Crippen LogP contribution in [0, 0.1) is 0 Å². The summed E-state index contributed by atoms with van der Waals surface area (Å²) in [7, 11) is -3.68. The van der Waals surface area contributed by atoms with Gasteiger partial charge >= 0.3 is 6.18 Å². The number of hydrogen-bond acceptors (Lipinski definition) is 3. The first kappa shape index (κ1) is 17.7. The molecule has 0 saturated heterocycles. The number of ether oxygens (including phenoxy) is 1. The summed E-state index contributed by atoms with van der Waals surface area (Å²) in [5.41, 5.74) is 1.24. The van der Waals surface area contributed by atoms with Gasteiger partial charge in [0, 0.05) is 5.39 Å². The largest absolute Gasteiger partial charge is 0.484 e. The molecule has 0 radical (unpaired) electrons. The first-order chi connectivity index (χ1) is 12.8. The molecule has 140 valence electrons. The summed E-state index contributed by atoms with van der Waals surface area (Å²) in [4.78, 5) is 0.265. The minimum absolute atomic E-state index is 0.0748. The normalized spacial score (nSPS) is 15.3. The highest BCUT2D eigenvalue weighted by atomic mass is 32.2. The van der Waals surface area contributed by atoms with Crippen LogP contribution in [0.4, 0.5) is 18.9 Å². The molecule has 0 atom stereocenters. The summed E-state index contributed by atoms with van der Waals surface area (Å²) in [5.74, 6) is 0.0748. The zero-order valence-corrected chi connectivity index (χ0v) is 14.7. The molecule has 4 rings (SSSR count). The minimum Gasteiger partial charge on any atom is -0.484 e. The van der Waals surface area contributed by atoms with Gasteiger partial charge in [-0.25, -0.2) is 8.42 Å². The van der Waals surface area contributed by atoms with Crippen molar-refractivity contribution < 1.29 is 26.3 Å². The SMILES string of the molecule is O=S1(=O)c2cccc3cccc(c23)N1Cc1ccc(OCC(F)(F)F)cc1. The smallest absolute Gasteiger partial charge is 0.422 e. The fourth-order valence-corrected chi connectivity index (χ4v) is 4.85. The van der Waals surface area contributed by atoms with Crippen LogP contribution >= 0.6 is 0 Å². The van der Waals surface area contributed by atoms with Crippen LogP contribution in [0.1, 0.15) is 5.56 Å². The number of nitrogens with zero attached hydrogens (tertiary/aromatic N) is 1. The van der Waals surface area contributed by atoms with Crippen LogP contribution in [0.5, 0.6) is 5.75 Å². The molecule has 0 aliphatic carbocycles. The Labute approximate surface area is 153 Å². The Balaban J connectivity index is 1.61. The van der Waals surface area contributed by atoms with E-state index >= 15 is 0 Å². The summed E-state index contributed by atoms with van der Waals surface area (Å²) in [6.45, 7) is -1.29. The van der Waals surface area contributed by atoms with Crippen molar-refractivity contribution in [3.05, 3.63) is 66.2 Å². The number of hydrogen-bond donors (Lipinski definition) is 0. The second kappa shape index (κ2) is 6.16. The van der Waals surface area contributed by atoms with Gasteiger partial charge in [0.15, 0.2) is 6.61 Å². The van der Waals surface area contributed by atoms with Crippen molar-refractivity contribution in [1.29, 1.82) is 0 Å². The molecule has 1 aliphatic heterocycles. The average molecular weight is 393 g/mol. The lowest BCUT2D eigenvalue weighted by molar-refractivity contribution is -0.153. The maximum atomic E-state index is 12.9. The second-order valence-electron chi connectivity index (χ2n) is 6.19. The lowest BCUT2D eigenvalue weighted by Gasteiger charge is -2.19. The highest BCUT2D eigenvalue weighted by Crippen LogP contribution is 2.42. The summed E-state index contributed by atoms with van der Waals surface area (Å²) in [6, 6.07) is 16.5. The second-order valence-corrected chi connectivity index (χ2v) is 8.02. The number of halogens is 3. The van der Waals surface area contributed by atoms with E-state index in [-0.39, 0.29) is 17.2 Å².